The molecule has 0 unspecified atom stereocenters. The normalized spacial score (nSPS) is 11.5. The summed E-state index contributed by atoms with van der Waals surface area (Å²) in [5.74, 6) is 0. The highest BCUT2D eigenvalue weighted by atomic mass is 32.2. The number of benzene rings is 1. The van der Waals surface area contributed by atoms with E-state index in [1.165, 1.54) is 11.3 Å². The van der Waals surface area contributed by atoms with Gasteiger partial charge in [0.15, 0.2) is 0 Å². The van der Waals surface area contributed by atoms with Gasteiger partial charge in [0.2, 0.25) is 10.0 Å². The zero-order valence-electron chi connectivity index (χ0n) is 8.33. The fourth-order valence-electron chi connectivity index (χ4n) is 1.18. The molecule has 0 spiro atoms. The molecule has 0 saturated heterocycles. The van der Waals surface area contributed by atoms with Gasteiger partial charge in [0, 0.05) is 17.6 Å². The van der Waals surface area contributed by atoms with Crippen LogP contribution in [0.5, 0.6) is 0 Å². The molecule has 2 aromatic rings. The molecule has 0 aliphatic rings. The third-order valence-electron chi connectivity index (χ3n) is 1.97. The van der Waals surface area contributed by atoms with Crippen LogP contribution in [-0.2, 0) is 16.6 Å². The lowest BCUT2D eigenvalue weighted by atomic mass is 10.4. The Labute approximate surface area is 98.0 Å². The van der Waals surface area contributed by atoms with Crippen LogP contribution >= 0.6 is 11.3 Å². The van der Waals surface area contributed by atoms with Crippen LogP contribution < -0.4 is 4.72 Å². The van der Waals surface area contributed by atoms with E-state index in [1.807, 2.05) is 0 Å². The highest BCUT2D eigenvalue weighted by Gasteiger charge is 2.12. The van der Waals surface area contributed by atoms with Crippen LogP contribution in [0.25, 0.3) is 0 Å². The molecule has 1 aromatic carbocycles. The molecule has 0 aliphatic carbocycles. The first kappa shape index (κ1) is 11.3. The first-order valence-corrected chi connectivity index (χ1v) is 6.97. The summed E-state index contributed by atoms with van der Waals surface area (Å²) < 4.78 is 26.1. The Kier molecular flexibility index (Phi) is 3.33. The van der Waals surface area contributed by atoms with E-state index in [0.717, 1.165) is 4.88 Å². The van der Waals surface area contributed by atoms with E-state index < -0.39 is 10.0 Å². The Hall–Kier alpha value is -1.24. The van der Waals surface area contributed by atoms with E-state index in [-0.39, 0.29) is 11.4 Å². The summed E-state index contributed by atoms with van der Waals surface area (Å²) in [5.41, 5.74) is 1.67. The Morgan fingerprint density at radius 3 is 2.62 bits per heavy atom. The number of sulfonamides is 1. The van der Waals surface area contributed by atoms with Gasteiger partial charge in [0.1, 0.15) is 0 Å². The molecule has 1 N–H and O–H groups in total. The van der Waals surface area contributed by atoms with Gasteiger partial charge in [-0.05, 0) is 12.1 Å². The molecule has 6 heteroatoms. The smallest absolute Gasteiger partial charge is 0.240 e. The number of hydrogen-bond donors (Lipinski definition) is 1. The van der Waals surface area contributed by atoms with Gasteiger partial charge in [-0.15, -0.1) is 11.3 Å². The van der Waals surface area contributed by atoms with Gasteiger partial charge in [0.05, 0.1) is 10.4 Å². The minimum Gasteiger partial charge on any atom is -0.253 e. The molecule has 1 heterocycles. The fourth-order valence-corrected chi connectivity index (χ4v) is 2.83. The van der Waals surface area contributed by atoms with E-state index in [4.69, 9.17) is 0 Å². The van der Waals surface area contributed by atoms with Crippen molar-refractivity contribution in [2.75, 3.05) is 0 Å². The van der Waals surface area contributed by atoms with Crippen LogP contribution in [0.1, 0.15) is 4.88 Å². The van der Waals surface area contributed by atoms with E-state index >= 15 is 0 Å². The number of thiazole rings is 1. The number of hydrogen-bond acceptors (Lipinski definition) is 4. The van der Waals surface area contributed by atoms with Crippen molar-refractivity contribution < 1.29 is 8.42 Å². The first-order valence-electron chi connectivity index (χ1n) is 4.60. The second kappa shape index (κ2) is 4.73. The summed E-state index contributed by atoms with van der Waals surface area (Å²) >= 11 is 1.42. The molecule has 0 saturated carbocycles. The number of nitrogens with one attached hydrogen (secondary N) is 1. The fraction of sp³-hybridized carbons (Fsp3) is 0.100. The molecule has 1 aromatic heterocycles. The zero-order valence-corrected chi connectivity index (χ0v) is 9.96. The van der Waals surface area contributed by atoms with Gasteiger partial charge in [0.25, 0.3) is 0 Å². The predicted octanol–water partition coefficient (Wildman–Crippen LogP) is 1.62. The Bertz CT molecular complexity index is 535. The molecule has 0 aliphatic heterocycles. The zero-order chi connectivity index (χ0) is 11.4. The SMILES string of the molecule is O=S(=O)(NCc1cncs1)c1ccccc1. The topological polar surface area (TPSA) is 59.1 Å². The third-order valence-corrected chi connectivity index (χ3v) is 4.17. The minimum absolute atomic E-state index is 0.277. The van der Waals surface area contributed by atoms with Gasteiger partial charge in [-0.25, -0.2) is 13.1 Å². The molecular weight excluding hydrogens is 244 g/mol. The van der Waals surface area contributed by atoms with E-state index in [9.17, 15) is 8.42 Å². The summed E-state index contributed by atoms with van der Waals surface area (Å²) in [6.07, 6.45) is 1.65. The molecule has 84 valence electrons. The summed E-state index contributed by atoms with van der Waals surface area (Å²) in [6, 6.07) is 8.30. The standard InChI is InChI=1S/C10H10N2O2S2/c13-16(14,10-4-2-1-3-5-10)12-7-9-6-11-8-15-9/h1-6,8,12H,7H2. The molecule has 16 heavy (non-hydrogen) atoms. The number of nitrogens with zero attached hydrogens (tertiary/aromatic N) is 1. The van der Waals surface area contributed by atoms with Crippen molar-refractivity contribution >= 4 is 21.4 Å². The summed E-state index contributed by atoms with van der Waals surface area (Å²) in [5, 5.41) is 0. The van der Waals surface area contributed by atoms with Gasteiger partial charge in [-0.1, -0.05) is 18.2 Å². The van der Waals surface area contributed by atoms with Crippen molar-refractivity contribution in [1.82, 2.24) is 9.71 Å². The summed E-state index contributed by atoms with van der Waals surface area (Å²) in [6.45, 7) is 0.280. The maximum absolute atomic E-state index is 11.8. The molecule has 4 nitrogen and oxygen atoms in total. The van der Waals surface area contributed by atoms with Gasteiger partial charge in [-0.3, -0.25) is 4.98 Å². The Morgan fingerprint density at radius 2 is 2.00 bits per heavy atom. The largest absolute Gasteiger partial charge is 0.253 e. The van der Waals surface area contributed by atoms with Crippen LogP contribution in [0.15, 0.2) is 46.9 Å². The van der Waals surface area contributed by atoms with Gasteiger partial charge < -0.3 is 0 Å². The van der Waals surface area contributed by atoms with Crippen molar-refractivity contribution in [2.45, 2.75) is 11.4 Å². The second-order valence-corrected chi connectivity index (χ2v) is 5.84. The molecular formula is C10H10N2O2S2. The van der Waals surface area contributed by atoms with Gasteiger partial charge >= 0.3 is 0 Å². The average molecular weight is 254 g/mol. The lowest BCUT2D eigenvalue weighted by Gasteiger charge is -2.04. The highest BCUT2D eigenvalue weighted by Crippen LogP contribution is 2.10. The van der Waals surface area contributed by atoms with Crippen LogP contribution in [-0.4, -0.2) is 13.4 Å². The molecule has 2 rings (SSSR count). The van der Waals surface area contributed by atoms with Crippen molar-refractivity contribution in [3.05, 3.63) is 46.9 Å². The van der Waals surface area contributed by atoms with Crippen LogP contribution in [0, 0.1) is 0 Å². The number of rotatable bonds is 4. The predicted molar refractivity (Wildman–Crippen MR) is 62.6 cm³/mol. The van der Waals surface area contributed by atoms with E-state index in [2.05, 4.69) is 9.71 Å². The molecule has 0 radical (unpaired) electrons. The van der Waals surface area contributed by atoms with Crippen molar-refractivity contribution in [1.29, 1.82) is 0 Å². The first-order chi connectivity index (χ1) is 7.68. The molecule has 0 amide bonds. The lowest BCUT2D eigenvalue weighted by Crippen LogP contribution is -2.22. The monoisotopic (exact) mass is 254 g/mol. The van der Waals surface area contributed by atoms with Crippen molar-refractivity contribution in [3.8, 4) is 0 Å². The minimum atomic E-state index is -3.41. The maximum atomic E-state index is 11.8. The van der Waals surface area contributed by atoms with Crippen molar-refractivity contribution in [3.63, 3.8) is 0 Å². The lowest BCUT2D eigenvalue weighted by molar-refractivity contribution is 0.582. The molecule has 0 atom stereocenters. The molecule has 0 bridgehead atoms. The average Bonchev–Trinajstić information content (AvgIpc) is 2.81. The Morgan fingerprint density at radius 1 is 1.25 bits per heavy atom. The molecule has 0 fully saturated rings. The maximum Gasteiger partial charge on any atom is 0.240 e. The summed E-state index contributed by atoms with van der Waals surface area (Å²) in [7, 11) is -3.41. The Balaban J connectivity index is 2.10. The summed E-state index contributed by atoms with van der Waals surface area (Å²) in [4.78, 5) is 5.05. The van der Waals surface area contributed by atoms with Crippen molar-refractivity contribution in [2.24, 2.45) is 0 Å². The quantitative estimate of drug-likeness (QED) is 0.902. The van der Waals surface area contributed by atoms with E-state index in [0.29, 0.717) is 0 Å². The second-order valence-electron chi connectivity index (χ2n) is 3.11. The highest BCUT2D eigenvalue weighted by molar-refractivity contribution is 7.89. The van der Waals surface area contributed by atoms with Crippen LogP contribution in [0.2, 0.25) is 0 Å². The van der Waals surface area contributed by atoms with E-state index in [1.54, 1.807) is 42.0 Å². The van der Waals surface area contributed by atoms with Crippen LogP contribution in [0.3, 0.4) is 0 Å². The third kappa shape index (κ3) is 2.66. The van der Waals surface area contributed by atoms with Crippen LogP contribution in [0.4, 0.5) is 0 Å². The number of aromatic nitrogens is 1. The van der Waals surface area contributed by atoms with Gasteiger partial charge in [-0.2, -0.15) is 0 Å².